The van der Waals surface area contributed by atoms with E-state index in [9.17, 15) is 8.42 Å². The highest BCUT2D eigenvalue weighted by Crippen LogP contribution is 2.17. The van der Waals surface area contributed by atoms with E-state index < -0.39 is 10.0 Å². The second kappa shape index (κ2) is 5.00. The van der Waals surface area contributed by atoms with E-state index in [0.29, 0.717) is 16.9 Å². The lowest BCUT2D eigenvalue weighted by Gasteiger charge is -2.08. The predicted molar refractivity (Wildman–Crippen MR) is 72.8 cm³/mol. The number of rotatable bonds is 3. The zero-order valence-corrected chi connectivity index (χ0v) is 10.7. The maximum absolute atomic E-state index is 12.1. The van der Waals surface area contributed by atoms with Crippen molar-refractivity contribution in [2.24, 2.45) is 0 Å². The van der Waals surface area contributed by atoms with Gasteiger partial charge >= 0.3 is 0 Å². The molecule has 6 heteroatoms. The number of hydrogen-bond acceptors (Lipinski definition) is 4. The summed E-state index contributed by atoms with van der Waals surface area (Å²) in [4.78, 5) is 0.0448. The monoisotopic (exact) mass is 273 g/mol. The molecule has 0 fully saturated rings. The third-order valence-electron chi connectivity index (χ3n) is 2.44. The van der Waals surface area contributed by atoms with Crippen LogP contribution in [0.2, 0.25) is 0 Å². The number of sulfonamides is 1. The van der Waals surface area contributed by atoms with Gasteiger partial charge in [0.05, 0.1) is 16.5 Å². The smallest absolute Gasteiger partial charge is 0.261 e. The summed E-state index contributed by atoms with van der Waals surface area (Å²) < 4.78 is 26.6. The van der Waals surface area contributed by atoms with Gasteiger partial charge in [-0.1, -0.05) is 6.07 Å². The average Bonchev–Trinajstić information content (AvgIpc) is 2.41. The van der Waals surface area contributed by atoms with Crippen molar-refractivity contribution in [2.75, 3.05) is 10.5 Å². The van der Waals surface area contributed by atoms with Crippen molar-refractivity contribution in [1.29, 1.82) is 5.26 Å². The number of benzene rings is 2. The first kappa shape index (κ1) is 12.9. The van der Waals surface area contributed by atoms with Crippen molar-refractivity contribution in [3.63, 3.8) is 0 Å². The highest BCUT2D eigenvalue weighted by molar-refractivity contribution is 7.92. The van der Waals surface area contributed by atoms with Crippen LogP contribution >= 0.6 is 0 Å². The molecular formula is C13H11N3O2S. The normalized spacial score (nSPS) is 10.7. The van der Waals surface area contributed by atoms with Crippen LogP contribution in [0.25, 0.3) is 0 Å². The molecule has 0 bridgehead atoms. The molecule has 19 heavy (non-hydrogen) atoms. The lowest BCUT2D eigenvalue weighted by molar-refractivity contribution is 0.601. The molecule has 2 aromatic rings. The minimum Gasteiger partial charge on any atom is -0.399 e. The number of nitriles is 1. The van der Waals surface area contributed by atoms with Gasteiger partial charge in [0, 0.05) is 11.4 Å². The molecule has 0 amide bonds. The fourth-order valence-corrected chi connectivity index (χ4v) is 2.60. The van der Waals surface area contributed by atoms with Gasteiger partial charge in [0.15, 0.2) is 0 Å². The first-order chi connectivity index (χ1) is 9.01. The summed E-state index contributed by atoms with van der Waals surface area (Å²) in [6, 6.07) is 14.1. The van der Waals surface area contributed by atoms with E-state index in [4.69, 9.17) is 11.0 Å². The summed E-state index contributed by atoms with van der Waals surface area (Å²) in [5, 5.41) is 8.77. The molecule has 5 nitrogen and oxygen atoms in total. The van der Waals surface area contributed by atoms with Gasteiger partial charge in [0.25, 0.3) is 10.0 Å². The van der Waals surface area contributed by atoms with Crippen LogP contribution in [0.3, 0.4) is 0 Å². The van der Waals surface area contributed by atoms with Crippen LogP contribution < -0.4 is 10.5 Å². The van der Waals surface area contributed by atoms with Crippen LogP contribution in [0, 0.1) is 11.3 Å². The van der Waals surface area contributed by atoms with Gasteiger partial charge in [0.1, 0.15) is 0 Å². The molecule has 96 valence electrons. The standard InChI is InChI=1S/C13H11N3O2S/c14-9-10-2-1-3-13(8-10)19(17,18)16-12-6-4-11(15)5-7-12/h1-8,16H,15H2. The third-order valence-corrected chi connectivity index (χ3v) is 3.82. The SMILES string of the molecule is N#Cc1cccc(S(=O)(=O)Nc2ccc(N)cc2)c1. The average molecular weight is 273 g/mol. The number of anilines is 2. The highest BCUT2D eigenvalue weighted by atomic mass is 32.2. The van der Waals surface area contributed by atoms with Gasteiger partial charge in [-0.3, -0.25) is 4.72 Å². The van der Waals surface area contributed by atoms with Gasteiger partial charge < -0.3 is 5.73 Å². The Balaban J connectivity index is 2.32. The molecule has 0 aromatic heterocycles. The molecule has 0 atom stereocenters. The summed E-state index contributed by atoms with van der Waals surface area (Å²) in [5.74, 6) is 0. The molecule has 0 aliphatic carbocycles. The molecule has 0 spiro atoms. The van der Waals surface area contributed by atoms with Gasteiger partial charge in [-0.2, -0.15) is 5.26 Å². The van der Waals surface area contributed by atoms with E-state index in [1.165, 1.54) is 18.2 Å². The zero-order valence-electron chi connectivity index (χ0n) is 9.87. The van der Waals surface area contributed by atoms with E-state index in [2.05, 4.69) is 4.72 Å². The van der Waals surface area contributed by atoms with Crippen LogP contribution in [0.5, 0.6) is 0 Å². The molecule has 0 saturated carbocycles. The lowest BCUT2D eigenvalue weighted by Crippen LogP contribution is -2.13. The summed E-state index contributed by atoms with van der Waals surface area (Å²) >= 11 is 0. The number of nitrogen functional groups attached to an aromatic ring is 1. The molecule has 0 heterocycles. The van der Waals surface area contributed by atoms with Crippen molar-refractivity contribution in [3.8, 4) is 6.07 Å². The summed E-state index contributed by atoms with van der Waals surface area (Å²) in [7, 11) is -3.70. The molecule has 2 rings (SSSR count). The van der Waals surface area contributed by atoms with Crippen LogP contribution in [-0.2, 0) is 10.0 Å². The summed E-state index contributed by atoms with van der Waals surface area (Å²) in [6.07, 6.45) is 0. The Morgan fingerprint density at radius 2 is 1.79 bits per heavy atom. The molecule has 0 radical (unpaired) electrons. The predicted octanol–water partition coefficient (Wildman–Crippen LogP) is 1.94. The van der Waals surface area contributed by atoms with Crippen LogP contribution in [0.1, 0.15) is 5.56 Å². The van der Waals surface area contributed by atoms with Crippen molar-refractivity contribution in [1.82, 2.24) is 0 Å². The Kier molecular flexibility index (Phi) is 3.40. The van der Waals surface area contributed by atoms with Gasteiger partial charge in [-0.15, -0.1) is 0 Å². The van der Waals surface area contributed by atoms with Gasteiger partial charge in [-0.05, 0) is 42.5 Å². The van der Waals surface area contributed by atoms with Crippen molar-refractivity contribution in [3.05, 3.63) is 54.1 Å². The summed E-state index contributed by atoms with van der Waals surface area (Å²) in [5.41, 5.74) is 6.78. The molecule has 0 saturated heterocycles. The van der Waals surface area contributed by atoms with Crippen molar-refractivity contribution < 1.29 is 8.42 Å². The van der Waals surface area contributed by atoms with E-state index in [0.717, 1.165) is 0 Å². The van der Waals surface area contributed by atoms with E-state index in [1.54, 1.807) is 30.3 Å². The minimum atomic E-state index is -3.70. The highest BCUT2D eigenvalue weighted by Gasteiger charge is 2.14. The first-order valence-corrected chi connectivity index (χ1v) is 6.88. The Bertz CT molecular complexity index is 731. The quantitative estimate of drug-likeness (QED) is 0.835. The second-order valence-corrected chi connectivity index (χ2v) is 5.55. The molecule has 2 aromatic carbocycles. The van der Waals surface area contributed by atoms with Crippen molar-refractivity contribution in [2.45, 2.75) is 4.90 Å². The maximum Gasteiger partial charge on any atom is 0.261 e. The first-order valence-electron chi connectivity index (χ1n) is 5.40. The number of hydrogen-bond donors (Lipinski definition) is 2. The Labute approximate surface area is 111 Å². The topological polar surface area (TPSA) is 96.0 Å². The number of nitrogens with two attached hydrogens (primary N) is 1. The minimum absolute atomic E-state index is 0.0448. The number of nitrogens with one attached hydrogen (secondary N) is 1. The van der Waals surface area contributed by atoms with E-state index >= 15 is 0 Å². The van der Waals surface area contributed by atoms with E-state index in [-0.39, 0.29) is 4.90 Å². The van der Waals surface area contributed by atoms with E-state index in [1.807, 2.05) is 6.07 Å². The molecular weight excluding hydrogens is 262 g/mol. The fourth-order valence-electron chi connectivity index (χ4n) is 1.50. The Hall–Kier alpha value is -2.52. The summed E-state index contributed by atoms with van der Waals surface area (Å²) in [6.45, 7) is 0. The van der Waals surface area contributed by atoms with Gasteiger partial charge in [-0.25, -0.2) is 8.42 Å². The fraction of sp³-hybridized carbons (Fsp3) is 0. The van der Waals surface area contributed by atoms with Crippen LogP contribution in [0.15, 0.2) is 53.4 Å². The molecule has 0 unspecified atom stereocenters. The van der Waals surface area contributed by atoms with Crippen LogP contribution in [0.4, 0.5) is 11.4 Å². The molecule has 3 N–H and O–H groups in total. The maximum atomic E-state index is 12.1. The largest absolute Gasteiger partial charge is 0.399 e. The molecule has 0 aliphatic heterocycles. The second-order valence-electron chi connectivity index (χ2n) is 3.87. The Morgan fingerprint density at radius 1 is 1.11 bits per heavy atom. The number of nitrogens with zero attached hydrogens (tertiary/aromatic N) is 1. The Morgan fingerprint density at radius 3 is 2.42 bits per heavy atom. The third kappa shape index (κ3) is 3.03. The lowest BCUT2D eigenvalue weighted by atomic mass is 10.2. The zero-order chi connectivity index (χ0) is 13.9. The van der Waals surface area contributed by atoms with Crippen molar-refractivity contribution >= 4 is 21.4 Å². The molecule has 0 aliphatic rings. The van der Waals surface area contributed by atoms with Gasteiger partial charge in [0.2, 0.25) is 0 Å². The van der Waals surface area contributed by atoms with Crippen LogP contribution in [-0.4, -0.2) is 8.42 Å².